The van der Waals surface area contributed by atoms with Crippen LogP contribution in [0.1, 0.15) is 41.5 Å². The molecule has 2 heterocycles. The standard InChI is InChI=1S/C20H20BrNO9/c1-9(23)28-8-14-16(29-10(2)24)17(30-11(3)25)15(18(21)31-14)22-19(26)12-6-4-5-7-13(12)20(22)27/h4-7,14-18H,8H2,1-3H3/t14-,15+,16-,17-,18-/m1/s1. The van der Waals surface area contributed by atoms with Gasteiger partial charge in [-0.05, 0) is 12.1 Å². The van der Waals surface area contributed by atoms with Gasteiger partial charge < -0.3 is 18.9 Å². The summed E-state index contributed by atoms with van der Waals surface area (Å²) in [4.78, 5) is 61.9. The second-order valence-corrected chi connectivity index (χ2v) is 7.90. The van der Waals surface area contributed by atoms with Gasteiger partial charge in [-0.15, -0.1) is 0 Å². The number of fused-ring (bicyclic) bond motifs is 1. The van der Waals surface area contributed by atoms with Gasteiger partial charge >= 0.3 is 17.9 Å². The predicted molar refractivity (Wildman–Crippen MR) is 106 cm³/mol. The minimum Gasteiger partial charge on any atom is -0.463 e. The first kappa shape index (κ1) is 22.9. The number of carbonyl (C=O) groups is 5. The largest absolute Gasteiger partial charge is 0.463 e. The van der Waals surface area contributed by atoms with Crippen LogP contribution in [0.5, 0.6) is 0 Å². The summed E-state index contributed by atoms with van der Waals surface area (Å²) in [5.41, 5.74) is 0.389. The summed E-state index contributed by atoms with van der Waals surface area (Å²) < 4.78 is 21.5. The average molecular weight is 498 g/mol. The summed E-state index contributed by atoms with van der Waals surface area (Å²) in [5, 5.41) is -1.01. The third-order valence-electron chi connectivity index (χ3n) is 4.78. The van der Waals surface area contributed by atoms with Crippen LogP contribution in [0.15, 0.2) is 24.3 Å². The number of amides is 2. The monoisotopic (exact) mass is 497 g/mol. The molecule has 11 heteroatoms. The van der Waals surface area contributed by atoms with Gasteiger partial charge in [0, 0.05) is 20.8 Å². The van der Waals surface area contributed by atoms with E-state index in [0.717, 1.165) is 18.7 Å². The fourth-order valence-corrected chi connectivity index (χ4v) is 4.43. The van der Waals surface area contributed by atoms with Crippen molar-refractivity contribution in [2.45, 2.75) is 50.1 Å². The van der Waals surface area contributed by atoms with Crippen molar-refractivity contribution in [1.82, 2.24) is 4.90 Å². The van der Waals surface area contributed by atoms with E-state index >= 15 is 0 Å². The quantitative estimate of drug-likeness (QED) is 0.255. The summed E-state index contributed by atoms with van der Waals surface area (Å²) >= 11 is 3.30. The molecule has 0 bridgehead atoms. The molecule has 2 aliphatic heterocycles. The second kappa shape index (κ2) is 9.15. The summed E-state index contributed by atoms with van der Waals surface area (Å²) in [6.45, 7) is 3.18. The smallest absolute Gasteiger partial charge is 0.303 e. The Morgan fingerprint density at radius 1 is 0.935 bits per heavy atom. The highest BCUT2D eigenvalue weighted by molar-refractivity contribution is 9.09. The van der Waals surface area contributed by atoms with Gasteiger partial charge in [0.15, 0.2) is 12.2 Å². The Labute approximate surface area is 185 Å². The molecule has 5 atom stereocenters. The Morgan fingerprint density at radius 2 is 1.45 bits per heavy atom. The molecular weight excluding hydrogens is 478 g/mol. The van der Waals surface area contributed by atoms with E-state index in [1.807, 2.05) is 0 Å². The van der Waals surface area contributed by atoms with Crippen molar-refractivity contribution >= 4 is 45.7 Å². The molecule has 1 saturated heterocycles. The Kier molecular flexibility index (Phi) is 6.75. The molecule has 0 saturated carbocycles. The summed E-state index contributed by atoms with van der Waals surface area (Å²) in [6.07, 6.45) is -3.54. The Morgan fingerprint density at radius 3 is 1.94 bits per heavy atom. The first-order chi connectivity index (χ1) is 14.6. The molecule has 0 spiro atoms. The molecular formula is C20H20BrNO9. The highest BCUT2D eigenvalue weighted by Crippen LogP contribution is 2.36. The van der Waals surface area contributed by atoms with Crippen LogP contribution in [0.4, 0.5) is 0 Å². The van der Waals surface area contributed by atoms with E-state index < -0.39 is 59.1 Å². The SMILES string of the molecule is CC(=O)OC[C@H]1O[C@@H](Br)[C@@H](N2C(=O)c3ccccc3C2=O)[C@@H](OC(C)=O)[C@@H]1OC(C)=O. The normalized spacial score (nSPS) is 27.5. The van der Waals surface area contributed by atoms with E-state index in [1.165, 1.54) is 19.1 Å². The topological polar surface area (TPSA) is 126 Å². The van der Waals surface area contributed by atoms with Crippen LogP contribution >= 0.6 is 15.9 Å². The lowest BCUT2D eigenvalue weighted by atomic mass is 9.96. The maximum Gasteiger partial charge on any atom is 0.303 e. The van der Waals surface area contributed by atoms with Gasteiger partial charge in [-0.1, -0.05) is 28.1 Å². The van der Waals surface area contributed by atoms with E-state index in [1.54, 1.807) is 12.1 Å². The molecule has 2 aliphatic rings. The van der Waals surface area contributed by atoms with Gasteiger partial charge in [0.25, 0.3) is 11.8 Å². The average Bonchev–Trinajstić information content (AvgIpc) is 2.93. The molecule has 10 nitrogen and oxygen atoms in total. The van der Waals surface area contributed by atoms with E-state index in [2.05, 4.69) is 15.9 Å². The van der Waals surface area contributed by atoms with Crippen molar-refractivity contribution in [2.75, 3.05) is 6.61 Å². The molecule has 1 aromatic carbocycles. The van der Waals surface area contributed by atoms with Gasteiger partial charge in [-0.25, -0.2) is 0 Å². The number of ether oxygens (including phenoxy) is 4. The van der Waals surface area contributed by atoms with E-state index in [9.17, 15) is 24.0 Å². The van der Waals surface area contributed by atoms with Crippen molar-refractivity contribution in [2.24, 2.45) is 0 Å². The lowest BCUT2D eigenvalue weighted by Crippen LogP contribution is -2.65. The molecule has 2 amide bonds. The maximum atomic E-state index is 13.0. The minimum absolute atomic E-state index is 0.194. The third-order valence-corrected chi connectivity index (χ3v) is 5.54. The zero-order valence-corrected chi connectivity index (χ0v) is 18.5. The third kappa shape index (κ3) is 4.62. The van der Waals surface area contributed by atoms with Crippen LogP contribution in [0.3, 0.4) is 0 Å². The van der Waals surface area contributed by atoms with Crippen molar-refractivity contribution in [3.8, 4) is 0 Å². The van der Waals surface area contributed by atoms with E-state index in [-0.39, 0.29) is 17.7 Å². The van der Waals surface area contributed by atoms with Crippen molar-refractivity contribution in [1.29, 1.82) is 0 Å². The highest BCUT2D eigenvalue weighted by Gasteiger charge is 2.56. The number of hydrogen-bond donors (Lipinski definition) is 0. The molecule has 0 aliphatic carbocycles. The van der Waals surface area contributed by atoms with E-state index in [4.69, 9.17) is 18.9 Å². The van der Waals surface area contributed by atoms with Crippen LogP contribution < -0.4 is 0 Å². The van der Waals surface area contributed by atoms with E-state index in [0.29, 0.717) is 0 Å². The first-order valence-electron chi connectivity index (χ1n) is 9.36. The lowest BCUT2D eigenvalue weighted by Gasteiger charge is -2.45. The number of benzene rings is 1. The zero-order valence-electron chi connectivity index (χ0n) is 16.9. The summed E-state index contributed by atoms with van der Waals surface area (Å²) in [5.74, 6) is -3.24. The molecule has 0 N–H and O–H groups in total. The van der Waals surface area contributed by atoms with Crippen LogP contribution in [0.25, 0.3) is 0 Å². The number of hydrogen-bond acceptors (Lipinski definition) is 9. The van der Waals surface area contributed by atoms with Crippen molar-refractivity contribution in [3.63, 3.8) is 0 Å². The maximum absolute atomic E-state index is 13.0. The number of halogens is 1. The van der Waals surface area contributed by atoms with Crippen LogP contribution in [-0.2, 0) is 33.3 Å². The number of nitrogens with zero attached hydrogens (tertiary/aromatic N) is 1. The lowest BCUT2D eigenvalue weighted by molar-refractivity contribution is -0.216. The Bertz CT molecular complexity index is 898. The number of rotatable bonds is 5. The fraction of sp³-hybridized carbons (Fsp3) is 0.450. The van der Waals surface area contributed by atoms with Crippen LogP contribution in [0, 0.1) is 0 Å². The minimum atomic E-state index is -1.28. The molecule has 0 radical (unpaired) electrons. The molecule has 0 unspecified atom stereocenters. The molecule has 31 heavy (non-hydrogen) atoms. The molecule has 1 fully saturated rings. The van der Waals surface area contributed by atoms with Gasteiger partial charge in [-0.3, -0.25) is 28.9 Å². The zero-order chi connectivity index (χ0) is 22.9. The van der Waals surface area contributed by atoms with Crippen LogP contribution in [-0.4, -0.2) is 70.6 Å². The summed E-state index contributed by atoms with van der Waals surface area (Å²) in [7, 11) is 0. The summed E-state index contributed by atoms with van der Waals surface area (Å²) in [6, 6.07) is 5.11. The molecule has 1 aromatic rings. The first-order valence-corrected chi connectivity index (χ1v) is 10.3. The number of esters is 3. The number of carbonyl (C=O) groups excluding carboxylic acids is 5. The van der Waals surface area contributed by atoms with Crippen LogP contribution in [0.2, 0.25) is 0 Å². The molecule has 166 valence electrons. The van der Waals surface area contributed by atoms with Crippen molar-refractivity contribution in [3.05, 3.63) is 35.4 Å². The van der Waals surface area contributed by atoms with Crippen molar-refractivity contribution < 1.29 is 42.9 Å². The second-order valence-electron chi connectivity index (χ2n) is 6.99. The predicted octanol–water partition coefficient (Wildman–Crippen LogP) is 1.20. The van der Waals surface area contributed by atoms with Gasteiger partial charge in [-0.2, -0.15) is 0 Å². The van der Waals surface area contributed by atoms with Gasteiger partial charge in [0.1, 0.15) is 23.8 Å². The number of alkyl halides is 1. The van der Waals surface area contributed by atoms with Gasteiger partial charge in [0.05, 0.1) is 11.1 Å². The molecule has 3 rings (SSSR count). The van der Waals surface area contributed by atoms with Gasteiger partial charge in [0.2, 0.25) is 0 Å². The number of imide groups is 1. The molecule has 0 aromatic heterocycles. The highest BCUT2D eigenvalue weighted by atomic mass is 79.9. The fourth-order valence-electron chi connectivity index (χ4n) is 3.62. The Hall–Kier alpha value is -2.79. The Balaban J connectivity index is 2.01.